The van der Waals surface area contributed by atoms with Crippen molar-refractivity contribution in [1.82, 2.24) is 4.90 Å². The highest BCUT2D eigenvalue weighted by molar-refractivity contribution is 6.06. The molecule has 128 valence electrons. The topological polar surface area (TPSA) is 80.0 Å². The van der Waals surface area contributed by atoms with Gasteiger partial charge in [-0.25, -0.2) is 0 Å². The normalized spacial score (nSPS) is 17.3. The lowest BCUT2D eigenvalue weighted by atomic mass is 10.1. The molecule has 0 aliphatic carbocycles. The smallest absolute Gasteiger partial charge is 0.305 e. The van der Waals surface area contributed by atoms with Crippen LogP contribution in [0.2, 0.25) is 0 Å². The van der Waals surface area contributed by atoms with Crippen LogP contribution in [0, 0.1) is 6.92 Å². The van der Waals surface area contributed by atoms with E-state index in [1.807, 2.05) is 25.1 Å². The number of carbonyl (C=O) groups excluding carboxylic acids is 1. The van der Waals surface area contributed by atoms with E-state index in [4.69, 9.17) is 14.3 Å². The fourth-order valence-corrected chi connectivity index (χ4v) is 3.08. The Hall–Kier alpha value is -2.34. The van der Waals surface area contributed by atoms with Crippen molar-refractivity contribution < 1.29 is 23.8 Å². The van der Waals surface area contributed by atoms with Crippen molar-refractivity contribution in [3.8, 4) is 0 Å². The number of carboxylic acid groups (broad SMARTS) is 1. The molecule has 1 unspecified atom stereocenters. The third-order valence-electron chi connectivity index (χ3n) is 4.36. The standard InChI is InChI=1S/C18H21NO5/c1-12-4-2-6-14-15(11-24-17(12)14)18(22)19(8-7-16(20)21)10-13-5-3-9-23-13/h2,4,6,11,13H,3,5,7-10H2,1H3,(H,20,21). The highest BCUT2D eigenvalue weighted by Crippen LogP contribution is 2.26. The average Bonchev–Trinajstić information content (AvgIpc) is 3.20. The third kappa shape index (κ3) is 3.43. The molecule has 1 atom stereocenters. The van der Waals surface area contributed by atoms with Crippen LogP contribution in [0.4, 0.5) is 0 Å². The number of furan rings is 1. The molecule has 2 aromatic rings. The number of aryl methyl sites for hydroxylation is 1. The first-order valence-electron chi connectivity index (χ1n) is 8.15. The summed E-state index contributed by atoms with van der Waals surface area (Å²) in [5.41, 5.74) is 2.12. The number of nitrogens with zero attached hydrogens (tertiary/aromatic N) is 1. The van der Waals surface area contributed by atoms with Gasteiger partial charge in [0.1, 0.15) is 11.8 Å². The Kier molecular flexibility index (Phi) is 4.85. The Labute approximate surface area is 140 Å². The van der Waals surface area contributed by atoms with Gasteiger partial charge >= 0.3 is 5.97 Å². The summed E-state index contributed by atoms with van der Waals surface area (Å²) >= 11 is 0. The fraction of sp³-hybridized carbons (Fsp3) is 0.444. The van der Waals surface area contributed by atoms with Crippen molar-refractivity contribution in [1.29, 1.82) is 0 Å². The lowest BCUT2D eigenvalue weighted by Crippen LogP contribution is -2.38. The second-order valence-corrected chi connectivity index (χ2v) is 6.13. The SMILES string of the molecule is Cc1cccc2c(C(=O)N(CCC(=O)O)CC3CCCO3)coc12. The summed E-state index contributed by atoms with van der Waals surface area (Å²) < 4.78 is 11.2. The van der Waals surface area contributed by atoms with Gasteiger partial charge in [0.25, 0.3) is 5.91 Å². The molecule has 2 heterocycles. The third-order valence-corrected chi connectivity index (χ3v) is 4.36. The van der Waals surface area contributed by atoms with E-state index in [9.17, 15) is 9.59 Å². The zero-order valence-electron chi connectivity index (χ0n) is 13.7. The second kappa shape index (κ2) is 7.05. The van der Waals surface area contributed by atoms with E-state index < -0.39 is 5.97 Å². The molecule has 6 heteroatoms. The van der Waals surface area contributed by atoms with Gasteiger partial charge < -0.3 is 19.2 Å². The van der Waals surface area contributed by atoms with Gasteiger partial charge in [0.05, 0.1) is 18.1 Å². The highest BCUT2D eigenvalue weighted by Gasteiger charge is 2.26. The molecule has 1 fully saturated rings. The molecular weight excluding hydrogens is 310 g/mol. The van der Waals surface area contributed by atoms with Gasteiger partial charge in [-0.05, 0) is 25.3 Å². The van der Waals surface area contributed by atoms with Gasteiger partial charge in [0.15, 0.2) is 0 Å². The van der Waals surface area contributed by atoms with Crippen molar-refractivity contribution in [3.05, 3.63) is 35.6 Å². The molecule has 6 nitrogen and oxygen atoms in total. The number of benzene rings is 1. The number of para-hydroxylation sites is 1. The summed E-state index contributed by atoms with van der Waals surface area (Å²) in [6.45, 7) is 3.19. The summed E-state index contributed by atoms with van der Waals surface area (Å²) in [7, 11) is 0. The number of hydrogen-bond donors (Lipinski definition) is 1. The van der Waals surface area contributed by atoms with Gasteiger partial charge in [-0.2, -0.15) is 0 Å². The first kappa shape index (κ1) is 16.5. The second-order valence-electron chi connectivity index (χ2n) is 6.13. The first-order valence-corrected chi connectivity index (χ1v) is 8.15. The summed E-state index contributed by atoms with van der Waals surface area (Å²) in [5.74, 6) is -1.14. The molecule has 0 spiro atoms. The number of fused-ring (bicyclic) bond motifs is 1. The van der Waals surface area contributed by atoms with Gasteiger partial charge in [-0.15, -0.1) is 0 Å². The molecule has 3 rings (SSSR count). The Bertz CT molecular complexity index is 745. The largest absolute Gasteiger partial charge is 0.481 e. The van der Waals surface area contributed by atoms with E-state index in [1.165, 1.54) is 6.26 Å². The molecule has 1 saturated heterocycles. The minimum Gasteiger partial charge on any atom is -0.481 e. The number of carboxylic acids is 1. The van der Waals surface area contributed by atoms with Crippen molar-refractivity contribution in [2.24, 2.45) is 0 Å². The number of hydrogen-bond acceptors (Lipinski definition) is 4. The summed E-state index contributed by atoms with van der Waals surface area (Å²) in [5, 5.41) is 9.71. The highest BCUT2D eigenvalue weighted by atomic mass is 16.5. The Morgan fingerprint density at radius 2 is 2.21 bits per heavy atom. The summed E-state index contributed by atoms with van der Waals surface area (Å²) in [6, 6.07) is 5.65. The van der Waals surface area contributed by atoms with Crippen LogP contribution in [-0.4, -0.2) is 47.7 Å². The average molecular weight is 331 g/mol. The van der Waals surface area contributed by atoms with Crippen molar-refractivity contribution in [2.45, 2.75) is 32.3 Å². The maximum Gasteiger partial charge on any atom is 0.305 e. The molecule has 1 aliphatic rings. The molecule has 0 bridgehead atoms. The van der Waals surface area contributed by atoms with Crippen molar-refractivity contribution in [3.63, 3.8) is 0 Å². The van der Waals surface area contributed by atoms with Crippen LogP contribution < -0.4 is 0 Å². The summed E-state index contributed by atoms with van der Waals surface area (Å²) in [6.07, 6.45) is 3.21. The zero-order chi connectivity index (χ0) is 17.1. The number of ether oxygens (including phenoxy) is 1. The van der Waals surface area contributed by atoms with Gasteiger partial charge in [0, 0.05) is 25.1 Å². The van der Waals surface area contributed by atoms with Crippen LogP contribution in [0.3, 0.4) is 0 Å². The molecule has 1 aliphatic heterocycles. The lowest BCUT2D eigenvalue weighted by molar-refractivity contribution is -0.137. The maximum atomic E-state index is 12.9. The maximum absolute atomic E-state index is 12.9. The van der Waals surface area contributed by atoms with Crippen LogP contribution in [0.15, 0.2) is 28.9 Å². The number of rotatable bonds is 6. The minimum atomic E-state index is -0.923. The van der Waals surface area contributed by atoms with E-state index in [1.54, 1.807) is 4.90 Å². The Balaban J connectivity index is 1.85. The number of aliphatic carboxylic acids is 1. The van der Waals surface area contributed by atoms with Crippen LogP contribution in [0.1, 0.15) is 35.2 Å². The molecule has 24 heavy (non-hydrogen) atoms. The Morgan fingerprint density at radius 1 is 1.38 bits per heavy atom. The van der Waals surface area contributed by atoms with E-state index >= 15 is 0 Å². The van der Waals surface area contributed by atoms with E-state index in [0.29, 0.717) is 24.3 Å². The molecular formula is C18H21NO5. The summed E-state index contributed by atoms with van der Waals surface area (Å²) in [4.78, 5) is 25.4. The monoisotopic (exact) mass is 331 g/mol. The van der Waals surface area contributed by atoms with Crippen LogP contribution in [0.5, 0.6) is 0 Å². The van der Waals surface area contributed by atoms with E-state index in [2.05, 4.69) is 0 Å². The lowest BCUT2D eigenvalue weighted by Gasteiger charge is -2.24. The van der Waals surface area contributed by atoms with Crippen LogP contribution in [-0.2, 0) is 9.53 Å². The number of amides is 1. The van der Waals surface area contributed by atoms with Crippen molar-refractivity contribution in [2.75, 3.05) is 19.7 Å². The quantitative estimate of drug-likeness (QED) is 0.880. The predicted molar refractivity (Wildman–Crippen MR) is 88.1 cm³/mol. The molecule has 1 aromatic heterocycles. The Morgan fingerprint density at radius 3 is 2.92 bits per heavy atom. The molecule has 0 radical (unpaired) electrons. The predicted octanol–water partition coefficient (Wildman–Crippen LogP) is 2.84. The zero-order valence-corrected chi connectivity index (χ0v) is 13.7. The van der Waals surface area contributed by atoms with Gasteiger partial charge in [-0.1, -0.05) is 18.2 Å². The van der Waals surface area contributed by atoms with Crippen molar-refractivity contribution >= 4 is 22.8 Å². The molecule has 0 saturated carbocycles. The molecule has 1 amide bonds. The molecule has 1 aromatic carbocycles. The number of carbonyl (C=O) groups is 2. The van der Waals surface area contributed by atoms with Gasteiger partial charge in [0.2, 0.25) is 0 Å². The van der Waals surface area contributed by atoms with E-state index in [0.717, 1.165) is 23.8 Å². The van der Waals surface area contributed by atoms with E-state index in [-0.39, 0.29) is 25.0 Å². The fourth-order valence-electron chi connectivity index (χ4n) is 3.08. The van der Waals surface area contributed by atoms with Crippen LogP contribution in [0.25, 0.3) is 11.0 Å². The van der Waals surface area contributed by atoms with Crippen LogP contribution >= 0.6 is 0 Å². The molecule has 1 N–H and O–H groups in total. The minimum absolute atomic E-state index is 0.0253. The first-order chi connectivity index (χ1) is 11.6. The van der Waals surface area contributed by atoms with Gasteiger partial charge in [-0.3, -0.25) is 9.59 Å².